The van der Waals surface area contributed by atoms with Gasteiger partial charge in [0.15, 0.2) is 0 Å². The normalized spacial score (nSPS) is 11.0. The van der Waals surface area contributed by atoms with Crippen molar-refractivity contribution in [1.29, 1.82) is 0 Å². The van der Waals surface area contributed by atoms with E-state index in [1.807, 2.05) is 0 Å². The van der Waals surface area contributed by atoms with Crippen LogP contribution in [0.2, 0.25) is 0 Å². The highest BCUT2D eigenvalue weighted by atomic mass is 19.1. The van der Waals surface area contributed by atoms with E-state index in [4.69, 9.17) is 0 Å². The second-order valence-electron chi connectivity index (χ2n) is 2.46. The summed E-state index contributed by atoms with van der Waals surface area (Å²) < 4.78 is 12.8. The summed E-state index contributed by atoms with van der Waals surface area (Å²) in [7, 11) is 0. The Balaban J connectivity index is 3.12. The van der Waals surface area contributed by atoms with Gasteiger partial charge < -0.3 is 0 Å². The summed E-state index contributed by atoms with van der Waals surface area (Å²) in [5, 5.41) is 0. The molecular formula is C11H10FN. The number of hydrogen-bond donors (Lipinski definition) is 0. The van der Waals surface area contributed by atoms with Crippen molar-refractivity contribution in [3.8, 4) is 0 Å². The van der Waals surface area contributed by atoms with Crippen LogP contribution < -0.4 is 0 Å². The first-order valence-corrected chi connectivity index (χ1v) is 3.83. The topological polar surface area (TPSA) is 12.4 Å². The van der Waals surface area contributed by atoms with E-state index in [-0.39, 0.29) is 5.82 Å². The molecule has 1 aromatic rings. The van der Waals surface area contributed by atoms with Crippen molar-refractivity contribution < 1.29 is 4.39 Å². The van der Waals surface area contributed by atoms with Crippen LogP contribution in [-0.4, -0.2) is 6.72 Å². The van der Waals surface area contributed by atoms with Crippen LogP contribution in [0.15, 0.2) is 48.0 Å². The maximum atomic E-state index is 12.8. The molecule has 0 saturated carbocycles. The second kappa shape index (κ2) is 4.36. The molecule has 0 heterocycles. The van der Waals surface area contributed by atoms with Crippen LogP contribution in [0, 0.1) is 5.82 Å². The predicted octanol–water partition coefficient (Wildman–Crippen LogP) is 3.05. The Hall–Kier alpha value is -1.70. The first-order valence-electron chi connectivity index (χ1n) is 3.83. The van der Waals surface area contributed by atoms with Crippen molar-refractivity contribution in [2.45, 2.75) is 0 Å². The number of nitrogens with zero attached hydrogens (tertiary/aromatic N) is 1. The molecule has 0 saturated heterocycles. The summed E-state index contributed by atoms with van der Waals surface area (Å²) in [6.45, 7) is 6.94. The van der Waals surface area contributed by atoms with E-state index in [0.717, 1.165) is 0 Å². The van der Waals surface area contributed by atoms with Crippen LogP contribution in [0.4, 0.5) is 4.39 Å². The molecular weight excluding hydrogens is 165 g/mol. The van der Waals surface area contributed by atoms with Crippen LogP contribution in [0.3, 0.4) is 0 Å². The summed E-state index contributed by atoms with van der Waals surface area (Å²) in [6.07, 6.45) is 3.27. The van der Waals surface area contributed by atoms with E-state index in [1.54, 1.807) is 24.3 Å². The van der Waals surface area contributed by atoms with E-state index in [2.05, 4.69) is 18.3 Å². The molecule has 0 amide bonds. The van der Waals surface area contributed by atoms with E-state index in [9.17, 15) is 4.39 Å². The molecule has 1 rings (SSSR count). The lowest BCUT2D eigenvalue weighted by Gasteiger charge is -1.99. The van der Waals surface area contributed by atoms with Gasteiger partial charge in [-0.15, -0.1) is 0 Å². The molecule has 0 radical (unpaired) electrons. The van der Waals surface area contributed by atoms with Crippen molar-refractivity contribution >= 4 is 12.4 Å². The molecule has 0 atom stereocenters. The minimum Gasteiger partial charge on any atom is -0.264 e. The van der Waals surface area contributed by atoms with Gasteiger partial charge in [0.1, 0.15) is 5.82 Å². The zero-order chi connectivity index (χ0) is 9.68. The lowest BCUT2D eigenvalue weighted by molar-refractivity contribution is 0.627. The lowest BCUT2D eigenvalue weighted by Crippen LogP contribution is -1.81. The highest BCUT2D eigenvalue weighted by Gasteiger charge is 1.98. The van der Waals surface area contributed by atoms with Gasteiger partial charge in [-0.25, -0.2) is 4.39 Å². The largest absolute Gasteiger partial charge is 0.264 e. The van der Waals surface area contributed by atoms with Crippen LogP contribution in [0.1, 0.15) is 5.56 Å². The van der Waals surface area contributed by atoms with Crippen molar-refractivity contribution in [1.82, 2.24) is 0 Å². The number of allylic oxidation sites excluding steroid dienone is 2. The molecule has 2 heteroatoms. The minimum atomic E-state index is -0.281. The fourth-order valence-electron chi connectivity index (χ4n) is 1.000. The fourth-order valence-corrected chi connectivity index (χ4v) is 1.000. The summed E-state index contributed by atoms with van der Waals surface area (Å²) in [6, 6.07) is 6.20. The summed E-state index contributed by atoms with van der Waals surface area (Å²) in [5.74, 6) is -0.281. The Morgan fingerprint density at radius 2 is 2.23 bits per heavy atom. The zero-order valence-corrected chi connectivity index (χ0v) is 7.20. The quantitative estimate of drug-likeness (QED) is 0.494. The Morgan fingerprint density at radius 3 is 2.77 bits per heavy atom. The molecule has 0 aliphatic heterocycles. The maximum Gasteiger partial charge on any atom is 0.123 e. The molecule has 0 spiro atoms. The van der Waals surface area contributed by atoms with Gasteiger partial charge in [0, 0.05) is 5.56 Å². The molecule has 13 heavy (non-hydrogen) atoms. The first-order chi connectivity index (χ1) is 6.27. The number of aliphatic imine (C=N–C) groups is 1. The highest BCUT2D eigenvalue weighted by Crippen LogP contribution is 2.15. The third-order valence-corrected chi connectivity index (χ3v) is 1.57. The van der Waals surface area contributed by atoms with Gasteiger partial charge in [0.2, 0.25) is 0 Å². The molecule has 0 aromatic heterocycles. The number of benzene rings is 1. The molecule has 0 unspecified atom stereocenters. The average molecular weight is 175 g/mol. The lowest BCUT2D eigenvalue weighted by atomic mass is 10.1. The van der Waals surface area contributed by atoms with E-state index in [1.165, 1.54) is 12.1 Å². The molecule has 0 bridgehead atoms. The molecule has 1 nitrogen and oxygen atoms in total. The van der Waals surface area contributed by atoms with Gasteiger partial charge in [-0.3, -0.25) is 4.99 Å². The van der Waals surface area contributed by atoms with Gasteiger partial charge in [-0.05, 0) is 24.9 Å². The predicted molar refractivity (Wildman–Crippen MR) is 54.1 cm³/mol. The van der Waals surface area contributed by atoms with Gasteiger partial charge in [0.25, 0.3) is 0 Å². The van der Waals surface area contributed by atoms with Crippen LogP contribution in [0.5, 0.6) is 0 Å². The van der Waals surface area contributed by atoms with Gasteiger partial charge in [0.05, 0.1) is 5.70 Å². The van der Waals surface area contributed by atoms with Crippen LogP contribution >= 0.6 is 0 Å². The molecule has 0 fully saturated rings. The van der Waals surface area contributed by atoms with E-state index < -0.39 is 0 Å². The van der Waals surface area contributed by atoms with Crippen molar-refractivity contribution in [3.05, 3.63) is 54.4 Å². The van der Waals surface area contributed by atoms with Gasteiger partial charge >= 0.3 is 0 Å². The molecule has 1 aromatic carbocycles. The Kier molecular flexibility index (Phi) is 3.15. The average Bonchev–Trinajstić information content (AvgIpc) is 2.14. The van der Waals surface area contributed by atoms with Gasteiger partial charge in [-0.1, -0.05) is 24.8 Å². The molecule has 0 aliphatic carbocycles. The standard InChI is InChI=1S/C11H10FN/c1-3-5-11(13-2)9-6-4-7-10(12)8-9/h3-8H,1-2H2/b11-5-. The van der Waals surface area contributed by atoms with Crippen molar-refractivity contribution in [2.75, 3.05) is 0 Å². The Morgan fingerprint density at radius 1 is 1.46 bits per heavy atom. The van der Waals surface area contributed by atoms with Gasteiger partial charge in [-0.2, -0.15) is 0 Å². The Bertz CT molecular complexity index is 353. The second-order valence-corrected chi connectivity index (χ2v) is 2.46. The molecule has 0 aliphatic rings. The monoisotopic (exact) mass is 175 g/mol. The third kappa shape index (κ3) is 2.37. The smallest absolute Gasteiger partial charge is 0.123 e. The minimum absolute atomic E-state index is 0.281. The first kappa shape index (κ1) is 9.39. The summed E-state index contributed by atoms with van der Waals surface area (Å²) in [5.41, 5.74) is 1.32. The summed E-state index contributed by atoms with van der Waals surface area (Å²) in [4.78, 5) is 3.76. The van der Waals surface area contributed by atoms with Crippen LogP contribution in [-0.2, 0) is 0 Å². The van der Waals surface area contributed by atoms with Crippen LogP contribution in [0.25, 0.3) is 5.70 Å². The summed E-state index contributed by atoms with van der Waals surface area (Å²) >= 11 is 0. The zero-order valence-electron chi connectivity index (χ0n) is 7.20. The van der Waals surface area contributed by atoms with E-state index in [0.29, 0.717) is 11.3 Å². The van der Waals surface area contributed by atoms with Crippen molar-refractivity contribution in [2.24, 2.45) is 4.99 Å². The van der Waals surface area contributed by atoms with E-state index >= 15 is 0 Å². The highest BCUT2D eigenvalue weighted by molar-refractivity contribution is 5.69. The number of halogens is 1. The maximum absolute atomic E-state index is 12.8. The number of hydrogen-bond acceptors (Lipinski definition) is 1. The number of rotatable bonds is 3. The molecule has 0 N–H and O–H groups in total. The molecule has 66 valence electrons. The van der Waals surface area contributed by atoms with Crippen molar-refractivity contribution in [3.63, 3.8) is 0 Å². The SMILES string of the molecule is C=C/C=C(\N=C)c1cccc(F)c1. The fraction of sp³-hybridized carbons (Fsp3) is 0. The Labute approximate surface area is 76.9 Å². The third-order valence-electron chi connectivity index (χ3n) is 1.57.